The lowest BCUT2D eigenvalue weighted by molar-refractivity contribution is -0.214. The highest BCUT2D eigenvalue weighted by atomic mass is 16.7. The molecule has 1 fully saturated rings. The van der Waals surface area contributed by atoms with Gasteiger partial charge in [-0.25, -0.2) is 14.3 Å². The molecule has 9 heteroatoms. The van der Waals surface area contributed by atoms with Crippen molar-refractivity contribution in [2.75, 3.05) is 5.43 Å². The molecule has 1 aliphatic rings. The molecule has 1 aromatic heterocycles. The van der Waals surface area contributed by atoms with Gasteiger partial charge in [-0.05, 0) is 19.1 Å². The first kappa shape index (κ1) is 17.5. The molecule has 0 aliphatic carbocycles. The summed E-state index contributed by atoms with van der Waals surface area (Å²) < 4.78 is 13.0. The van der Waals surface area contributed by atoms with Crippen LogP contribution in [-0.2, 0) is 26.1 Å². The Morgan fingerprint density at radius 2 is 1.62 bits per heavy atom. The van der Waals surface area contributed by atoms with Crippen LogP contribution in [0.15, 0.2) is 40.2 Å². The fraction of sp³-hybridized carbons (Fsp3) is 0.294. The maximum absolute atomic E-state index is 12.7. The van der Waals surface area contributed by atoms with Crippen molar-refractivity contribution in [2.45, 2.75) is 26.6 Å². The molecular weight excluding hydrogens is 340 g/mol. The molecule has 1 aliphatic heterocycles. The third-order valence-corrected chi connectivity index (χ3v) is 3.90. The van der Waals surface area contributed by atoms with Crippen LogP contribution in [0.25, 0.3) is 5.69 Å². The third kappa shape index (κ3) is 2.99. The summed E-state index contributed by atoms with van der Waals surface area (Å²) in [4.78, 5) is 36.6. The molecule has 0 unspecified atom stereocenters. The fourth-order valence-corrected chi connectivity index (χ4v) is 2.55. The second kappa shape index (κ2) is 6.17. The van der Waals surface area contributed by atoms with E-state index in [0.29, 0.717) is 11.4 Å². The zero-order valence-electron chi connectivity index (χ0n) is 14.8. The van der Waals surface area contributed by atoms with E-state index in [2.05, 4.69) is 10.5 Å². The monoisotopic (exact) mass is 358 g/mol. The van der Waals surface area contributed by atoms with Crippen molar-refractivity contribution in [1.82, 2.24) is 9.36 Å². The van der Waals surface area contributed by atoms with Crippen LogP contribution in [0.1, 0.15) is 19.5 Å². The molecular formula is C17H18N4O5. The minimum absolute atomic E-state index is 0.134. The van der Waals surface area contributed by atoms with Gasteiger partial charge < -0.3 is 9.47 Å². The van der Waals surface area contributed by atoms with E-state index in [4.69, 9.17) is 9.47 Å². The first-order chi connectivity index (χ1) is 12.2. The van der Waals surface area contributed by atoms with Crippen LogP contribution in [0.5, 0.6) is 0 Å². The summed E-state index contributed by atoms with van der Waals surface area (Å²) in [5, 5.41) is 3.74. The lowest BCUT2D eigenvalue weighted by Crippen LogP contribution is -2.47. The smallest absolute Gasteiger partial charge is 0.369 e. The molecule has 0 saturated carbocycles. The highest BCUT2D eigenvalue weighted by molar-refractivity contribution is 6.63. The molecule has 1 N–H and O–H groups in total. The molecule has 2 heterocycles. The molecule has 9 nitrogen and oxygen atoms in total. The number of esters is 2. The van der Waals surface area contributed by atoms with Gasteiger partial charge in [0, 0.05) is 20.9 Å². The number of para-hydroxylation sites is 1. The number of carbonyl (C=O) groups is 2. The van der Waals surface area contributed by atoms with E-state index in [1.54, 1.807) is 30.8 Å². The van der Waals surface area contributed by atoms with Crippen molar-refractivity contribution in [2.24, 2.45) is 12.1 Å². The van der Waals surface area contributed by atoms with E-state index in [0.717, 1.165) is 0 Å². The van der Waals surface area contributed by atoms with E-state index < -0.39 is 23.4 Å². The zero-order chi connectivity index (χ0) is 19.1. The molecule has 2 aromatic rings. The van der Waals surface area contributed by atoms with Gasteiger partial charge in [0.15, 0.2) is 0 Å². The van der Waals surface area contributed by atoms with E-state index in [-0.39, 0.29) is 11.2 Å². The minimum atomic E-state index is -1.35. The van der Waals surface area contributed by atoms with E-state index in [1.165, 1.54) is 18.5 Å². The van der Waals surface area contributed by atoms with Gasteiger partial charge in [-0.1, -0.05) is 18.2 Å². The molecule has 1 aromatic carbocycles. The van der Waals surface area contributed by atoms with E-state index in [9.17, 15) is 14.4 Å². The number of ether oxygens (including phenoxy) is 2. The van der Waals surface area contributed by atoms with Crippen molar-refractivity contribution < 1.29 is 19.1 Å². The van der Waals surface area contributed by atoms with Gasteiger partial charge in [-0.2, -0.15) is 5.10 Å². The number of rotatable bonds is 3. The summed E-state index contributed by atoms with van der Waals surface area (Å²) >= 11 is 0. The predicted molar refractivity (Wildman–Crippen MR) is 93.1 cm³/mol. The summed E-state index contributed by atoms with van der Waals surface area (Å²) in [6, 6.07) is 9.04. The SMILES string of the molecule is Cc1c(NN=C2C(=O)OC(C)(C)OC2=O)c(=O)n(-c2ccccc2)n1C. The first-order valence-electron chi connectivity index (χ1n) is 7.85. The Kier molecular flexibility index (Phi) is 4.15. The van der Waals surface area contributed by atoms with Gasteiger partial charge in [-0.3, -0.25) is 14.9 Å². The summed E-state index contributed by atoms with van der Waals surface area (Å²) in [7, 11) is 1.72. The van der Waals surface area contributed by atoms with Crippen molar-refractivity contribution in [1.29, 1.82) is 0 Å². The number of carbonyl (C=O) groups excluding carboxylic acids is 2. The van der Waals surface area contributed by atoms with Crippen molar-refractivity contribution in [3.05, 3.63) is 46.4 Å². The van der Waals surface area contributed by atoms with Gasteiger partial charge in [-0.15, -0.1) is 0 Å². The largest absolute Gasteiger partial charge is 0.418 e. The van der Waals surface area contributed by atoms with Gasteiger partial charge >= 0.3 is 11.9 Å². The topological polar surface area (TPSA) is 104 Å². The quantitative estimate of drug-likeness (QED) is 0.651. The van der Waals surface area contributed by atoms with Crippen LogP contribution in [0.3, 0.4) is 0 Å². The van der Waals surface area contributed by atoms with E-state index >= 15 is 0 Å². The second-order valence-electron chi connectivity index (χ2n) is 6.19. The molecule has 26 heavy (non-hydrogen) atoms. The Labute approximate surface area is 148 Å². The number of cyclic esters (lactones) is 2. The number of hydrazone groups is 1. The average molecular weight is 358 g/mol. The Morgan fingerprint density at radius 1 is 1.04 bits per heavy atom. The summed E-state index contributed by atoms with van der Waals surface area (Å²) in [5.41, 5.74) is 2.94. The molecule has 0 atom stereocenters. The highest BCUT2D eigenvalue weighted by Gasteiger charge is 2.40. The molecule has 0 spiro atoms. The van der Waals surface area contributed by atoms with Crippen molar-refractivity contribution >= 4 is 23.3 Å². The van der Waals surface area contributed by atoms with Crippen LogP contribution < -0.4 is 11.0 Å². The van der Waals surface area contributed by atoms with Gasteiger partial charge in [0.05, 0.1) is 11.4 Å². The van der Waals surface area contributed by atoms with E-state index in [1.807, 2.05) is 18.2 Å². The van der Waals surface area contributed by atoms with Crippen LogP contribution in [-0.4, -0.2) is 32.8 Å². The standard InChI is InChI=1S/C17H18N4O5/c1-10-12(14(22)21(20(10)4)11-8-6-5-7-9-11)18-19-13-15(23)25-17(2,3)26-16(13)24/h5-9,18H,1-4H3. The highest BCUT2D eigenvalue weighted by Crippen LogP contribution is 2.19. The zero-order valence-corrected chi connectivity index (χ0v) is 14.8. The second-order valence-corrected chi connectivity index (χ2v) is 6.19. The Hall–Kier alpha value is -3.36. The van der Waals surface area contributed by atoms with Crippen molar-refractivity contribution in [3.8, 4) is 5.69 Å². The molecule has 136 valence electrons. The third-order valence-electron chi connectivity index (χ3n) is 3.90. The number of hydrogen-bond donors (Lipinski definition) is 1. The molecule has 3 rings (SSSR count). The molecule has 0 radical (unpaired) electrons. The van der Waals surface area contributed by atoms with Crippen LogP contribution >= 0.6 is 0 Å². The minimum Gasteiger partial charge on any atom is -0.418 e. The number of nitrogens with one attached hydrogen (secondary N) is 1. The summed E-state index contributed by atoms with van der Waals surface area (Å²) in [5.74, 6) is -3.19. The lowest BCUT2D eigenvalue weighted by atomic mass is 10.3. The Bertz CT molecular complexity index is 947. The molecule has 0 bridgehead atoms. The predicted octanol–water partition coefficient (Wildman–Crippen LogP) is 1.09. The molecule has 1 saturated heterocycles. The van der Waals surface area contributed by atoms with Gasteiger partial charge in [0.25, 0.3) is 17.1 Å². The van der Waals surface area contributed by atoms with Gasteiger partial charge in [0.2, 0.25) is 0 Å². The summed E-state index contributed by atoms with van der Waals surface area (Å²) in [6.07, 6.45) is 0. The maximum Gasteiger partial charge on any atom is 0.369 e. The number of anilines is 1. The molecule has 0 amide bonds. The average Bonchev–Trinajstić information content (AvgIpc) is 2.77. The Balaban J connectivity index is 1.96. The fourth-order valence-electron chi connectivity index (χ4n) is 2.55. The first-order valence-corrected chi connectivity index (χ1v) is 7.85. The number of aromatic nitrogens is 2. The van der Waals surface area contributed by atoms with Crippen LogP contribution in [0.2, 0.25) is 0 Å². The van der Waals surface area contributed by atoms with Gasteiger partial charge in [0.1, 0.15) is 5.69 Å². The normalized spacial score (nSPS) is 16.1. The lowest BCUT2D eigenvalue weighted by Gasteiger charge is -2.28. The summed E-state index contributed by atoms with van der Waals surface area (Å²) in [6.45, 7) is 4.59. The van der Waals surface area contributed by atoms with Crippen LogP contribution in [0, 0.1) is 6.92 Å². The van der Waals surface area contributed by atoms with Crippen molar-refractivity contribution in [3.63, 3.8) is 0 Å². The number of hydrogen-bond acceptors (Lipinski definition) is 7. The van der Waals surface area contributed by atoms with Crippen LogP contribution in [0.4, 0.5) is 5.69 Å². The number of nitrogens with zero attached hydrogens (tertiary/aromatic N) is 3. The number of benzene rings is 1. The Morgan fingerprint density at radius 3 is 2.19 bits per heavy atom. The maximum atomic E-state index is 12.7.